The average Bonchev–Trinajstić information content (AvgIpc) is 2.76. The summed E-state index contributed by atoms with van der Waals surface area (Å²) in [5.41, 5.74) is 0.328. The summed E-state index contributed by atoms with van der Waals surface area (Å²) in [6.45, 7) is 4.71. The Kier molecular flexibility index (Phi) is 3.10. The molecule has 0 amide bonds. The van der Waals surface area contributed by atoms with Crippen molar-refractivity contribution >= 4 is 5.78 Å². The first-order valence-corrected chi connectivity index (χ1v) is 9.18. The highest BCUT2D eigenvalue weighted by Crippen LogP contribution is 2.65. The number of carbonyl (C=O) groups excluding carboxylic acids is 1. The van der Waals surface area contributed by atoms with Gasteiger partial charge in [-0.3, -0.25) is 4.79 Å². The van der Waals surface area contributed by atoms with Crippen LogP contribution in [0.2, 0.25) is 0 Å². The third-order valence-electron chi connectivity index (χ3n) is 8.31. The van der Waals surface area contributed by atoms with Crippen LogP contribution in [-0.2, 0) is 4.79 Å². The maximum atomic E-state index is 12.4. The van der Waals surface area contributed by atoms with Crippen LogP contribution in [0.5, 0.6) is 0 Å². The van der Waals surface area contributed by atoms with Gasteiger partial charge in [-0.05, 0) is 67.6 Å². The fourth-order valence-electron chi connectivity index (χ4n) is 7.03. The summed E-state index contributed by atoms with van der Waals surface area (Å²) in [5, 5.41) is 10.9. The summed E-state index contributed by atoms with van der Waals surface area (Å²) < 4.78 is 0. The van der Waals surface area contributed by atoms with Crippen molar-refractivity contribution in [1.29, 1.82) is 0 Å². The van der Waals surface area contributed by atoms with Crippen LogP contribution in [0.4, 0.5) is 0 Å². The molecule has 0 aromatic rings. The summed E-state index contributed by atoms with van der Waals surface area (Å²) >= 11 is 0. The number of hydrogen-bond acceptors (Lipinski definition) is 2. The summed E-state index contributed by atoms with van der Waals surface area (Å²) in [6, 6.07) is 0. The van der Waals surface area contributed by atoms with Crippen molar-refractivity contribution in [1.82, 2.24) is 0 Å². The lowest BCUT2D eigenvalue weighted by Crippen LogP contribution is -2.57. The van der Waals surface area contributed by atoms with E-state index in [4.69, 9.17) is 0 Å². The predicted molar refractivity (Wildman–Crippen MR) is 82.7 cm³/mol. The van der Waals surface area contributed by atoms with Crippen LogP contribution in [0.1, 0.15) is 71.6 Å². The quantitative estimate of drug-likeness (QED) is 0.733. The highest BCUT2D eigenvalue weighted by molar-refractivity contribution is 5.87. The molecule has 21 heavy (non-hydrogen) atoms. The molecule has 0 radical (unpaired) electrons. The lowest BCUT2D eigenvalue weighted by molar-refractivity contribution is -0.163. The second kappa shape index (κ2) is 4.57. The minimum absolute atomic E-state index is 0.111. The van der Waals surface area contributed by atoms with E-state index in [1.807, 2.05) is 0 Å². The van der Waals surface area contributed by atoms with Crippen LogP contribution < -0.4 is 0 Å². The van der Waals surface area contributed by atoms with Crippen LogP contribution in [0, 0.1) is 34.5 Å². The Hall–Kier alpha value is -0.370. The largest absolute Gasteiger partial charge is 0.393 e. The number of carbonyl (C=O) groups is 1. The number of ketones is 1. The Morgan fingerprint density at radius 1 is 1.05 bits per heavy atom. The van der Waals surface area contributed by atoms with Gasteiger partial charge in [-0.1, -0.05) is 26.7 Å². The van der Waals surface area contributed by atoms with Gasteiger partial charge in [0, 0.05) is 11.8 Å². The van der Waals surface area contributed by atoms with E-state index < -0.39 is 0 Å². The fourth-order valence-corrected chi connectivity index (χ4v) is 7.03. The second-order valence-corrected chi connectivity index (χ2v) is 8.96. The lowest BCUT2D eigenvalue weighted by Gasteiger charge is -2.61. The number of aliphatic hydroxyl groups is 1. The molecule has 4 aliphatic rings. The van der Waals surface area contributed by atoms with Gasteiger partial charge in [0.1, 0.15) is 5.78 Å². The van der Waals surface area contributed by atoms with Gasteiger partial charge in [-0.25, -0.2) is 0 Å². The van der Waals surface area contributed by atoms with Crippen molar-refractivity contribution in [2.24, 2.45) is 34.5 Å². The van der Waals surface area contributed by atoms with Gasteiger partial charge in [0.15, 0.2) is 0 Å². The van der Waals surface area contributed by atoms with E-state index in [9.17, 15) is 9.90 Å². The van der Waals surface area contributed by atoms with Gasteiger partial charge in [-0.2, -0.15) is 0 Å². The summed E-state index contributed by atoms with van der Waals surface area (Å²) in [4.78, 5) is 12.4. The zero-order chi connectivity index (χ0) is 14.8. The first-order valence-electron chi connectivity index (χ1n) is 9.18. The van der Waals surface area contributed by atoms with E-state index >= 15 is 0 Å². The molecule has 4 rings (SSSR count). The zero-order valence-corrected chi connectivity index (χ0v) is 13.6. The molecule has 0 aliphatic heterocycles. The maximum Gasteiger partial charge on any atom is 0.139 e. The molecule has 1 N–H and O–H groups in total. The standard InChI is InChI=1S/C19H30O2/c1-18-9-4-3-5-12(18)11-15(20)17-13-6-7-16(21)19(13,2)10-8-14(17)18/h12-15,17,20H,3-11H2,1-2H3/t12?,13-,14-,15+,17-,18-,19-/m0/s1. The number of hydrogen-bond donors (Lipinski definition) is 1. The molecule has 118 valence electrons. The van der Waals surface area contributed by atoms with Gasteiger partial charge in [0.25, 0.3) is 0 Å². The smallest absolute Gasteiger partial charge is 0.139 e. The number of rotatable bonds is 0. The molecule has 0 bridgehead atoms. The Balaban J connectivity index is 1.71. The first kappa shape index (κ1) is 14.2. The molecule has 0 aromatic carbocycles. The van der Waals surface area contributed by atoms with Crippen LogP contribution >= 0.6 is 0 Å². The molecule has 4 saturated carbocycles. The van der Waals surface area contributed by atoms with Crippen molar-refractivity contribution in [3.63, 3.8) is 0 Å². The Bertz CT molecular complexity index is 458. The molecule has 4 aliphatic carbocycles. The SMILES string of the molecule is C[C@]12CCCCC1C[C@@H](O)[C@@H]1[C@@H]2CC[C@]2(C)C(=O)CC[C@@H]12. The lowest BCUT2D eigenvalue weighted by atomic mass is 9.44. The van der Waals surface area contributed by atoms with E-state index in [0.29, 0.717) is 29.0 Å². The molecule has 1 unspecified atom stereocenters. The van der Waals surface area contributed by atoms with E-state index in [0.717, 1.165) is 31.6 Å². The number of aliphatic hydroxyl groups excluding tert-OH is 1. The first-order chi connectivity index (χ1) is 9.97. The zero-order valence-electron chi connectivity index (χ0n) is 13.6. The molecule has 0 spiro atoms. The summed E-state index contributed by atoms with van der Waals surface area (Å²) in [7, 11) is 0. The topological polar surface area (TPSA) is 37.3 Å². The number of fused-ring (bicyclic) bond motifs is 5. The molecule has 2 heteroatoms. The van der Waals surface area contributed by atoms with Gasteiger partial charge in [0.05, 0.1) is 6.10 Å². The minimum Gasteiger partial charge on any atom is -0.393 e. The van der Waals surface area contributed by atoms with E-state index in [2.05, 4.69) is 13.8 Å². The predicted octanol–water partition coefficient (Wildman–Crippen LogP) is 3.96. The molecule has 4 fully saturated rings. The van der Waals surface area contributed by atoms with Crippen molar-refractivity contribution < 1.29 is 9.90 Å². The van der Waals surface area contributed by atoms with Crippen molar-refractivity contribution in [3.05, 3.63) is 0 Å². The normalized spacial score (nSPS) is 56.5. The van der Waals surface area contributed by atoms with E-state index in [1.54, 1.807) is 0 Å². The molecular weight excluding hydrogens is 260 g/mol. The molecule has 0 saturated heterocycles. The molecule has 0 aromatic heterocycles. The highest BCUT2D eigenvalue weighted by atomic mass is 16.3. The third-order valence-corrected chi connectivity index (χ3v) is 8.31. The average molecular weight is 290 g/mol. The van der Waals surface area contributed by atoms with Crippen LogP contribution in [0.25, 0.3) is 0 Å². The van der Waals surface area contributed by atoms with Gasteiger partial charge in [0.2, 0.25) is 0 Å². The Morgan fingerprint density at radius 3 is 2.67 bits per heavy atom. The molecule has 0 heterocycles. The highest BCUT2D eigenvalue weighted by Gasteiger charge is 2.61. The summed E-state index contributed by atoms with van der Waals surface area (Å²) in [6.07, 6.45) is 10.3. The van der Waals surface area contributed by atoms with Gasteiger partial charge >= 0.3 is 0 Å². The van der Waals surface area contributed by atoms with Crippen LogP contribution in [0.15, 0.2) is 0 Å². The molecule has 7 atom stereocenters. The monoisotopic (exact) mass is 290 g/mol. The minimum atomic E-state index is -0.151. The molecule has 2 nitrogen and oxygen atoms in total. The van der Waals surface area contributed by atoms with Crippen LogP contribution in [-0.4, -0.2) is 17.0 Å². The van der Waals surface area contributed by atoms with Gasteiger partial charge < -0.3 is 5.11 Å². The fraction of sp³-hybridized carbons (Fsp3) is 0.947. The molecular formula is C19H30O2. The van der Waals surface area contributed by atoms with Crippen molar-refractivity contribution in [2.45, 2.75) is 77.7 Å². The van der Waals surface area contributed by atoms with Crippen molar-refractivity contribution in [2.75, 3.05) is 0 Å². The Morgan fingerprint density at radius 2 is 1.86 bits per heavy atom. The van der Waals surface area contributed by atoms with E-state index in [1.165, 1.54) is 32.1 Å². The maximum absolute atomic E-state index is 12.4. The third kappa shape index (κ3) is 1.77. The van der Waals surface area contributed by atoms with Crippen LogP contribution in [0.3, 0.4) is 0 Å². The second-order valence-electron chi connectivity index (χ2n) is 8.96. The van der Waals surface area contributed by atoms with Crippen molar-refractivity contribution in [3.8, 4) is 0 Å². The van der Waals surface area contributed by atoms with E-state index in [-0.39, 0.29) is 11.5 Å². The van der Waals surface area contributed by atoms with Gasteiger partial charge in [-0.15, -0.1) is 0 Å². The Labute approximate surface area is 128 Å². The number of Topliss-reactive ketones (excluding diaryl/α,β-unsaturated/α-hetero) is 1. The summed E-state index contributed by atoms with van der Waals surface area (Å²) in [5.74, 6) is 2.72.